The van der Waals surface area contributed by atoms with Crippen LogP contribution >= 0.6 is 0 Å². The van der Waals surface area contributed by atoms with E-state index in [2.05, 4.69) is 15.1 Å². The van der Waals surface area contributed by atoms with Gasteiger partial charge in [-0.1, -0.05) is 11.2 Å². The van der Waals surface area contributed by atoms with E-state index in [1.165, 1.54) is 0 Å². The molecule has 2 N–H and O–H groups in total. The highest BCUT2D eigenvalue weighted by atomic mass is 16.5. The Morgan fingerprint density at radius 2 is 2.24 bits per heavy atom. The molecular weight excluding hydrogens is 216 g/mol. The van der Waals surface area contributed by atoms with Crippen molar-refractivity contribution in [1.82, 2.24) is 15.1 Å². The molecule has 0 atom stereocenters. The van der Waals surface area contributed by atoms with Crippen LogP contribution < -0.4 is 5.73 Å². The molecule has 2 aromatic heterocycles. The SMILES string of the molecule is NCC1(c2nc(Cc3ccccn3)no2)CC1. The van der Waals surface area contributed by atoms with Gasteiger partial charge in [0.1, 0.15) is 0 Å². The molecule has 1 aliphatic carbocycles. The molecule has 3 rings (SSSR count). The molecule has 0 saturated heterocycles. The maximum absolute atomic E-state index is 5.72. The molecule has 2 aromatic rings. The van der Waals surface area contributed by atoms with Gasteiger partial charge in [-0.05, 0) is 25.0 Å². The van der Waals surface area contributed by atoms with E-state index in [-0.39, 0.29) is 5.41 Å². The zero-order valence-corrected chi connectivity index (χ0v) is 9.47. The Morgan fingerprint density at radius 3 is 2.88 bits per heavy atom. The van der Waals surface area contributed by atoms with Gasteiger partial charge < -0.3 is 10.3 Å². The summed E-state index contributed by atoms with van der Waals surface area (Å²) >= 11 is 0. The van der Waals surface area contributed by atoms with Crippen LogP contribution in [0.15, 0.2) is 28.9 Å². The highest BCUT2D eigenvalue weighted by molar-refractivity contribution is 5.17. The monoisotopic (exact) mass is 230 g/mol. The highest BCUT2D eigenvalue weighted by Crippen LogP contribution is 2.46. The van der Waals surface area contributed by atoms with Crippen molar-refractivity contribution in [1.29, 1.82) is 0 Å². The molecule has 0 bridgehead atoms. The maximum Gasteiger partial charge on any atom is 0.234 e. The van der Waals surface area contributed by atoms with Crippen molar-refractivity contribution in [2.75, 3.05) is 6.54 Å². The van der Waals surface area contributed by atoms with Crippen LogP contribution in [0, 0.1) is 0 Å². The van der Waals surface area contributed by atoms with Crippen molar-refractivity contribution < 1.29 is 4.52 Å². The number of pyridine rings is 1. The first-order valence-electron chi connectivity index (χ1n) is 5.75. The van der Waals surface area contributed by atoms with E-state index in [1.807, 2.05) is 18.2 Å². The van der Waals surface area contributed by atoms with Gasteiger partial charge in [0.15, 0.2) is 5.82 Å². The molecular formula is C12H14N4O. The van der Waals surface area contributed by atoms with Crippen LogP contribution in [0.5, 0.6) is 0 Å². The lowest BCUT2D eigenvalue weighted by atomic mass is 10.1. The average Bonchev–Trinajstić information content (AvgIpc) is 3.05. The lowest BCUT2D eigenvalue weighted by molar-refractivity contribution is 0.344. The first-order valence-corrected chi connectivity index (χ1v) is 5.75. The Hall–Kier alpha value is -1.75. The third-order valence-corrected chi connectivity index (χ3v) is 3.23. The van der Waals surface area contributed by atoms with Crippen molar-refractivity contribution in [3.05, 3.63) is 41.8 Å². The van der Waals surface area contributed by atoms with E-state index in [0.717, 1.165) is 18.5 Å². The molecule has 0 radical (unpaired) electrons. The first-order chi connectivity index (χ1) is 8.32. The fourth-order valence-electron chi connectivity index (χ4n) is 1.86. The summed E-state index contributed by atoms with van der Waals surface area (Å²) in [6.45, 7) is 0.582. The summed E-state index contributed by atoms with van der Waals surface area (Å²) in [7, 11) is 0. The van der Waals surface area contributed by atoms with Crippen molar-refractivity contribution in [2.24, 2.45) is 5.73 Å². The fourth-order valence-corrected chi connectivity index (χ4v) is 1.86. The Labute approximate surface area is 99.1 Å². The van der Waals surface area contributed by atoms with E-state index < -0.39 is 0 Å². The molecule has 2 heterocycles. The lowest BCUT2D eigenvalue weighted by Crippen LogP contribution is -2.20. The average molecular weight is 230 g/mol. The van der Waals surface area contributed by atoms with Gasteiger partial charge in [0.25, 0.3) is 0 Å². The fraction of sp³-hybridized carbons (Fsp3) is 0.417. The van der Waals surface area contributed by atoms with E-state index in [0.29, 0.717) is 24.7 Å². The standard InChI is InChI=1S/C12H14N4O/c13-8-12(4-5-12)11-15-10(16-17-11)7-9-3-1-2-6-14-9/h1-3,6H,4-5,7-8,13H2. The van der Waals surface area contributed by atoms with Crippen molar-refractivity contribution in [2.45, 2.75) is 24.7 Å². The Bertz CT molecular complexity index is 504. The van der Waals surface area contributed by atoms with Crippen LogP contribution in [0.3, 0.4) is 0 Å². The smallest absolute Gasteiger partial charge is 0.234 e. The largest absolute Gasteiger partial charge is 0.339 e. The van der Waals surface area contributed by atoms with Crippen LogP contribution in [0.4, 0.5) is 0 Å². The van der Waals surface area contributed by atoms with Gasteiger partial charge in [-0.3, -0.25) is 4.98 Å². The predicted molar refractivity (Wildman–Crippen MR) is 61.3 cm³/mol. The summed E-state index contributed by atoms with van der Waals surface area (Å²) in [6, 6.07) is 5.79. The zero-order chi connectivity index (χ0) is 11.7. The van der Waals surface area contributed by atoms with Gasteiger partial charge in [0.05, 0.1) is 11.8 Å². The predicted octanol–water partition coefficient (Wildman–Crippen LogP) is 1.05. The van der Waals surface area contributed by atoms with Crippen LogP contribution in [0.1, 0.15) is 30.3 Å². The second-order valence-electron chi connectivity index (χ2n) is 4.50. The van der Waals surface area contributed by atoms with Gasteiger partial charge in [0.2, 0.25) is 5.89 Å². The molecule has 17 heavy (non-hydrogen) atoms. The van der Waals surface area contributed by atoms with E-state index in [9.17, 15) is 0 Å². The molecule has 0 aliphatic heterocycles. The molecule has 88 valence electrons. The van der Waals surface area contributed by atoms with Gasteiger partial charge >= 0.3 is 0 Å². The Kier molecular flexibility index (Phi) is 2.40. The maximum atomic E-state index is 5.72. The summed E-state index contributed by atoms with van der Waals surface area (Å²) in [4.78, 5) is 8.65. The zero-order valence-electron chi connectivity index (χ0n) is 9.47. The van der Waals surface area contributed by atoms with Gasteiger partial charge in [-0.25, -0.2) is 0 Å². The Morgan fingerprint density at radius 1 is 1.35 bits per heavy atom. The summed E-state index contributed by atoms with van der Waals surface area (Å²) in [6.07, 6.45) is 4.47. The summed E-state index contributed by atoms with van der Waals surface area (Å²) < 4.78 is 5.29. The van der Waals surface area contributed by atoms with E-state index in [4.69, 9.17) is 10.3 Å². The van der Waals surface area contributed by atoms with Gasteiger partial charge in [-0.15, -0.1) is 0 Å². The van der Waals surface area contributed by atoms with Crippen LogP contribution in [-0.4, -0.2) is 21.7 Å². The molecule has 0 amide bonds. The summed E-state index contributed by atoms with van der Waals surface area (Å²) in [5, 5.41) is 3.98. The minimum absolute atomic E-state index is 0.0324. The number of nitrogens with two attached hydrogens (primary N) is 1. The number of rotatable bonds is 4. The second kappa shape index (κ2) is 3.92. The van der Waals surface area contributed by atoms with E-state index in [1.54, 1.807) is 6.20 Å². The highest BCUT2D eigenvalue weighted by Gasteiger charge is 2.48. The molecule has 5 heteroatoms. The van der Waals surface area contributed by atoms with Crippen molar-refractivity contribution >= 4 is 0 Å². The minimum Gasteiger partial charge on any atom is -0.339 e. The van der Waals surface area contributed by atoms with E-state index >= 15 is 0 Å². The normalized spacial score (nSPS) is 17.0. The van der Waals surface area contributed by atoms with Gasteiger partial charge in [-0.2, -0.15) is 4.98 Å². The van der Waals surface area contributed by atoms with Crippen molar-refractivity contribution in [3.8, 4) is 0 Å². The number of nitrogens with zero attached hydrogens (tertiary/aromatic N) is 3. The lowest BCUT2D eigenvalue weighted by Gasteiger charge is -2.03. The topological polar surface area (TPSA) is 77.8 Å². The van der Waals surface area contributed by atoms with Crippen LogP contribution in [0.25, 0.3) is 0 Å². The molecule has 0 unspecified atom stereocenters. The molecule has 1 aliphatic rings. The summed E-state index contributed by atoms with van der Waals surface area (Å²) in [5.74, 6) is 1.37. The molecule has 5 nitrogen and oxygen atoms in total. The quantitative estimate of drug-likeness (QED) is 0.849. The summed E-state index contributed by atoms with van der Waals surface area (Å²) in [5.41, 5.74) is 6.63. The third-order valence-electron chi connectivity index (χ3n) is 3.23. The number of aromatic nitrogens is 3. The molecule has 0 spiro atoms. The van der Waals surface area contributed by atoms with Gasteiger partial charge in [0, 0.05) is 18.4 Å². The second-order valence-corrected chi connectivity index (χ2v) is 4.50. The number of hydrogen-bond donors (Lipinski definition) is 1. The van der Waals surface area contributed by atoms with Crippen molar-refractivity contribution in [3.63, 3.8) is 0 Å². The van der Waals surface area contributed by atoms with Crippen LogP contribution in [-0.2, 0) is 11.8 Å². The first kappa shape index (κ1) is 10.4. The third kappa shape index (κ3) is 1.93. The minimum atomic E-state index is -0.0324. The van der Waals surface area contributed by atoms with Crippen LogP contribution in [0.2, 0.25) is 0 Å². The molecule has 1 fully saturated rings. The molecule has 0 aromatic carbocycles. The Balaban J connectivity index is 1.77. The molecule has 1 saturated carbocycles. The number of hydrogen-bond acceptors (Lipinski definition) is 5.